The van der Waals surface area contributed by atoms with Crippen LogP contribution in [0.3, 0.4) is 0 Å². The molecule has 2 aliphatic heterocycles. The zero-order chi connectivity index (χ0) is 15.8. The predicted octanol–water partition coefficient (Wildman–Crippen LogP) is 2.47. The molecule has 124 valence electrons. The van der Waals surface area contributed by atoms with Gasteiger partial charge in [-0.3, -0.25) is 9.59 Å². The Morgan fingerprint density at radius 3 is 2.83 bits per heavy atom. The van der Waals surface area contributed by atoms with E-state index >= 15 is 0 Å². The van der Waals surface area contributed by atoms with E-state index in [0.29, 0.717) is 28.7 Å². The van der Waals surface area contributed by atoms with Gasteiger partial charge in [-0.05, 0) is 31.2 Å². The molecule has 0 aromatic carbocycles. The van der Waals surface area contributed by atoms with Gasteiger partial charge in [0.05, 0.1) is 5.75 Å². The maximum atomic E-state index is 12.6. The summed E-state index contributed by atoms with van der Waals surface area (Å²) in [4.78, 5) is 26.7. The third-order valence-electron chi connectivity index (χ3n) is 5.58. The zero-order valence-electron chi connectivity index (χ0n) is 13.4. The topological polar surface area (TPSA) is 42.3 Å². The third-order valence-corrected chi connectivity index (χ3v) is 6.93. The van der Waals surface area contributed by atoms with E-state index in [0.717, 1.165) is 31.7 Å². The highest BCUT2D eigenvalue weighted by molar-refractivity contribution is 8.00. The van der Waals surface area contributed by atoms with Gasteiger partial charge in [-0.2, -0.15) is 0 Å². The number of likely N-dealkylation sites (tertiary alicyclic amines) is 1. The van der Waals surface area contributed by atoms with E-state index in [1.807, 2.05) is 22.4 Å². The van der Waals surface area contributed by atoms with E-state index in [2.05, 4.69) is 11.0 Å². The number of aromatic nitrogens is 1. The number of carbonyl (C=O) groups is 1. The molecule has 3 heterocycles. The third kappa shape index (κ3) is 3.08. The van der Waals surface area contributed by atoms with E-state index in [9.17, 15) is 9.59 Å². The Hall–Kier alpha value is -1.23. The molecule has 23 heavy (non-hydrogen) atoms. The van der Waals surface area contributed by atoms with Gasteiger partial charge in [-0.15, -0.1) is 11.8 Å². The summed E-state index contributed by atoms with van der Waals surface area (Å²) in [5.74, 6) is 1.69. The molecule has 1 aromatic rings. The molecule has 0 spiro atoms. The number of nitrogens with zero attached hydrogens (tertiary/aromatic N) is 2. The van der Waals surface area contributed by atoms with Crippen molar-refractivity contribution in [2.45, 2.75) is 49.8 Å². The summed E-state index contributed by atoms with van der Waals surface area (Å²) in [7, 11) is 0. The molecule has 2 bridgehead atoms. The highest BCUT2D eigenvalue weighted by Gasteiger charge is 2.36. The average molecular weight is 332 g/mol. The summed E-state index contributed by atoms with van der Waals surface area (Å²) in [6, 6.07) is 5.56. The summed E-state index contributed by atoms with van der Waals surface area (Å²) >= 11 is 1.86. The van der Waals surface area contributed by atoms with Crippen molar-refractivity contribution in [3.05, 3.63) is 34.2 Å². The van der Waals surface area contributed by atoms with Crippen LogP contribution in [0.2, 0.25) is 0 Å². The van der Waals surface area contributed by atoms with Gasteiger partial charge in [0.1, 0.15) is 0 Å². The smallest absolute Gasteiger partial charge is 0.250 e. The van der Waals surface area contributed by atoms with Crippen molar-refractivity contribution in [2.75, 3.05) is 18.8 Å². The van der Waals surface area contributed by atoms with Crippen LogP contribution in [0, 0.1) is 5.92 Å². The number of hydrogen-bond acceptors (Lipinski definition) is 3. The van der Waals surface area contributed by atoms with E-state index in [4.69, 9.17) is 0 Å². The standard InChI is InChI=1S/C18H24N2O2S/c21-17-7-3-6-16-14-8-13(10-20(16)17)9-19(11-14)18(22)12-23-15-4-1-2-5-15/h3,6-7,13-15H,1-2,4-5,8-12H2. The first-order chi connectivity index (χ1) is 11.2. The molecule has 1 aliphatic carbocycles. The van der Waals surface area contributed by atoms with E-state index in [-0.39, 0.29) is 5.56 Å². The summed E-state index contributed by atoms with van der Waals surface area (Å²) in [5.41, 5.74) is 1.23. The largest absolute Gasteiger partial charge is 0.341 e. The lowest BCUT2D eigenvalue weighted by Crippen LogP contribution is -2.49. The molecule has 4 nitrogen and oxygen atoms in total. The second-order valence-corrected chi connectivity index (χ2v) is 8.50. The average Bonchev–Trinajstić information content (AvgIpc) is 3.07. The van der Waals surface area contributed by atoms with Crippen molar-refractivity contribution >= 4 is 17.7 Å². The van der Waals surface area contributed by atoms with Crippen molar-refractivity contribution in [2.24, 2.45) is 5.92 Å². The van der Waals surface area contributed by atoms with Crippen LogP contribution in [0.15, 0.2) is 23.0 Å². The molecule has 1 aromatic heterocycles. The van der Waals surface area contributed by atoms with Gasteiger partial charge in [-0.25, -0.2) is 0 Å². The number of fused-ring (bicyclic) bond motifs is 4. The fourth-order valence-corrected chi connectivity index (χ4v) is 5.66. The maximum Gasteiger partial charge on any atom is 0.250 e. The fourth-order valence-electron chi connectivity index (χ4n) is 4.44. The first-order valence-electron chi connectivity index (χ1n) is 8.80. The number of thioether (sulfide) groups is 1. The second kappa shape index (κ2) is 6.34. The molecule has 5 heteroatoms. The normalized spacial score (nSPS) is 27.0. The van der Waals surface area contributed by atoms with Crippen LogP contribution >= 0.6 is 11.8 Å². The van der Waals surface area contributed by atoms with Gasteiger partial charge in [0.15, 0.2) is 0 Å². The summed E-state index contributed by atoms with van der Waals surface area (Å²) < 4.78 is 1.92. The molecule has 1 amide bonds. The molecule has 3 aliphatic rings. The molecule has 1 saturated heterocycles. The lowest BCUT2D eigenvalue weighted by molar-refractivity contribution is -0.131. The number of piperidine rings is 1. The first kappa shape index (κ1) is 15.3. The highest BCUT2D eigenvalue weighted by atomic mass is 32.2. The summed E-state index contributed by atoms with van der Waals surface area (Å²) in [6.45, 7) is 2.37. The van der Waals surface area contributed by atoms with E-state index in [1.54, 1.807) is 6.07 Å². The molecule has 0 radical (unpaired) electrons. The number of carbonyl (C=O) groups excluding carboxylic acids is 1. The van der Waals surface area contributed by atoms with Crippen LogP contribution in [0.5, 0.6) is 0 Å². The van der Waals surface area contributed by atoms with Gasteiger partial charge in [0.25, 0.3) is 5.56 Å². The fraction of sp³-hybridized carbons (Fsp3) is 0.667. The Bertz CT molecular complexity index is 651. The highest BCUT2D eigenvalue weighted by Crippen LogP contribution is 2.35. The molecule has 0 N–H and O–H groups in total. The molecule has 2 atom stereocenters. The molecule has 2 unspecified atom stereocenters. The van der Waals surface area contributed by atoms with Gasteiger partial charge >= 0.3 is 0 Å². The molecule has 4 rings (SSSR count). The van der Waals surface area contributed by atoms with Crippen LogP contribution in [-0.2, 0) is 11.3 Å². The monoisotopic (exact) mass is 332 g/mol. The zero-order valence-corrected chi connectivity index (χ0v) is 14.3. The minimum absolute atomic E-state index is 0.105. The first-order valence-corrected chi connectivity index (χ1v) is 9.84. The SMILES string of the molecule is O=C(CSC1CCCC1)N1CC2CC(C1)c1cccc(=O)n1C2. The molecule has 2 fully saturated rings. The number of hydrogen-bond donors (Lipinski definition) is 0. The lowest BCUT2D eigenvalue weighted by Gasteiger charge is -2.42. The Kier molecular flexibility index (Phi) is 4.22. The predicted molar refractivity (Wildman–Crippen MR) is 92.8 cm³/mol. The maximum absolute atomic E-state index is 12.6. The summed E-state index contributed by atoms with van der Waals surface area (Å²) in [5, 5.41) is 0.697. The Balaban J connectivity index is 1.43. The van der Waals surface area contributed by atoms with Crippen molar-refractivity contribution in [3.8, 4) is 0 Å². The van der Waals surface area contributed by atoms with Gasteiger partial charge in [0, 0.05) is 42.6 Å². The van der Waals surface area contributed by atoms with Crippen molar-refractivity contribution in [3.63, 3.8) is 0 Å². The van der Waals surface area contributed by atoms with E-state index in [1.165, 1.54) is 25.7 Å². The molecular formula is C18H24N2O2S. The summed E-state index contributed by atoms with van der Waals surface area (Å²) in [6.07, 6.45) is 6.32. The van der Waals surface area contributed by atoms with Gasteiger partial charge in [-0.1, -0.05) is 18.9 Å². The van der Waals surface area contributed by atoms with Crippen molar-refractivity contribution in [1.82, 2.24) is 9.47 Å². The minimum atomic E-state index is 0.105. The minimum Gasteiger partial charge on any atom is -0.341 e. The molecular weight excluding hydrogens is 308 g/mol. The molecule has 1 saturated carbocycles. The van der Waals surface area contributed by atoms with Crippen LogP contribution in [0.25, 0.3) is 0 Å². The Labute approximate surface area is 141 Å². The van der Waals surface area contributed by atoms with Gasteiger partial charge < -0.3 is 9.47 Å². The van der Waals surface area contributed by atoms with Gasteiger partial charge in [0.2, 0.25) is 5.91 Å². The van der Waals surface area contributed by atoms with Crippen molar-refractivity contribution < 1.29 is 4.79 Å². The van der Waals surface area contributed by atoms with Crippen LogP contribution < -0.4 is 5.56 Å². The number of amides is 1. The Morgan fingerprint density at radius 2 is 2.00 bits per heavy atom. The van der Waals surface area contributed by atoms with Crippen LogP contribution in [0.1, 0.15) is 43.7 Å². The van der Waals surface area contributed by atoms with Crippen LogP contribution in [0.4, 0.5) is 0 Å². The Morgan fingerprint density at radius 1 is 1.17 bits per heavy atom. The lowest BCUT2D eigenvalue weighted by atomic mass is 9.83. The number of rotatable bonds is 3. The van der Waals surface area contributed by atoms with Crippen molar-refractivity contribution in [1.29, 1.82) is 0 Å². The van der Waals surface area contributed by atoms with Crippen LogP contribution in [-0.4, -0.2) is 39.5 Å². The second-order valence-electron chi connectivity index (χ2n) is 7.21. The quantitative estimate of drug-likeness (QED) is 0.854. The number of pyridine rings is 1. The van der Waals surface area contributed by atoms with E-state index < -0.39 is 0 Å².